The van der Waals surface area contributed by atoms with Crippen LogP contribution in [0.3, 0.4) is 0 Å². The molecule has 4 N–H and O–H groups in total. The van der Waals surface area contributed by atoms with Gasteiger partial charge in [-0.15, -0.1) is 0 Å². The fraction of sp³-hybridized carbons (Fsp3) is 0.125. The Labute approximate surface area is 122 Å². The average molecular weight is 281 g/mol. The summed E-state index contributed by atoms with van der Waals surface area (Å²) >= 11 is 0. The van der Waals surface area contributed by atoms with Gasteiger partial charge in [0.25, 0.3) is 5.91 Å². The van der Waals surface area contributed by atoms with Crippen LogP contribution in [0.15, 0.2) is 41.5 Å². The third-order valence-electron chi connectivity index (χ3n) is 2.88. The number of H-pyrrole nitrogens is 1. The van der Waals surface area contributed by atoms with Crippen molar-refractivity contribution < 1.29 is 4.79 Å². The second kappa shape index (κ2) is 6.55. The molecule has 0 aliphatic heterocycles. The predicted octanol–water partition coefficient (Wildman–Crippen LogP) is 1.25. The highest BCUT2D eigenvalue weighted by Gasteiger charge is 2.10. The number of nitrogens with one attached hydrogen (secondary N) is 2. The summed E-state index contributed by atoms with van der Waals surface area (Å²) in [6, 6.07) is 6.66. The highest BCUT2D eigenvalue weighted by Crippen LogP contribution is 2.15. The summed E-state index contributed by atoms with van der Waals surface area (Å²) in [5.41, 5.74) is 7.48. The molecule has 0 saturated heterocycles. The summed E-state index contributed by atoms with van der Waals surface area (Å²) < 4.78 is 0. The van der Waals surface area contributed by atoms with Gasteiger partial charge >= 0.3 is 0 Å². The molecule has 2 aromatic rings. The van der Waals surface area contributed by atoms with Crippen molar-refractivity contribution in [3.05, 3.63) is 63.6 Å². The van der Waals surface area contributed by atoms with Crippen LogP contribution in [0.4, 0.5) is 5.69 Å². The Morgan fingerprint density at radius 1 is 1.38 bits per heavy atom. The lowest BCUT2D eigenvalue weighted by Gasteiger charge is -2.06. The maximum absolute atomic E-state index is 12.0. The monoisotopic (exact) mass is 281 g/mol. The Bertz CT molecular complexity index is 782. The summed E-state index contributed by atoms with van der Waals surface area (Å²) in [5, 5.41) is 2.69. The number of aryl methyl sites for hydroxylation is 1. The smallest absolute Gasteiger partial charge is 0.261 e. The number of hydrogen-bond donors (Lipinski definition) is 3. The van der Waals surface area contributed by atoms with Gasteiger partial charge in [0.15, 0.2) is 5.43 Å². The van der Waals surface area contributed by atoms with E-state index in [1.165, 1.54) is 18.5 Å². The van der Waals surface area contributed by atoms with Gasteiger partial charge in [-0.2, -0.15) is 0 Å². The third kappa shape index (κ3) is 3.59. The van der Waals surface area contributed by atoms with Gasteiger partial charge in [0.2, 0.25) is 0 Å². The Hall–Kier alpha value is -2.84. The van der Waals surface area contributed by atoms with Gasteiger partial charge in [0, 0.05) is 29.7 Å². The molecule has 5 heteroatoms. The zero-order valence-corrected chi connectivity index (χ0v) is 11.6. The molecule has 0 radical (unpaired) electrons. The molecule has 2 rings (SSSR count). The van der Waals surface area contributed by atoms with Crippen LogP contribution in [-0.2, 0) is 0 Å². The van der Waals surface area contributed by atoms with E-state index in [4.69, 9.17) is 5.73 Å². The number of benzene rings is 1. The van der Waals surface area contributed by atoms with Crippen LogP contribution in [0, 0.1) is 18.8 Å². The minimum atomic E-state index is -0.447. The number of rotatable bonds is 2. The highest BCUT2D eigenvalue weighted by molar-refractivity contribution is 6.04. The lowest BCUT2D eigenvalue weighted by atomic mass is 10.1. The minimum Gasteiger partial charge on any atom is -0.367 e. The van der Waals surface area contributed by atoms with E-state index < -0.39 is 5.91 Å². The van der Waals surface area contributed by atoms with Crippen LogP contribution >= 0.6 is 0 Å². The predicted molar refractivity (Wildman–Crippen MR) is 82.1 cm³/mol. The summed E-state index contributed by atoms with van der Waals surface area (Å²) in [7, 11) is 0. The van der Waals surface area contributed by atoms with E-state index in [-0.39, 0.29) is 11.0 Å². The number of amides is 1. The first-order valence-electron chi connectivity index (χ1n) is 6.40. The standard InChI is InChI=1S/C16H15N3O2/c1-11-9-13(5-4-12(11)3-2-7-17)19-16(21)14-10-18-8-6-15(14)20/h4-6,8-10H,7,17H2,1H3,(H,18,20)(H,19,21). The van der Waals surface area contributed by atoms with E-state index in [1.807, 2.05) is 13.0 Å². The molecule has 1 amide bonds. The number of hydrogen-bond acceptors (Lipinski definition) is 3. The molecule has 0 bridgehead atoms. The molecule has 0 spiro atoms. The molecule has 0 unspecified atom stereocenters. The number of aromatic amines is 1. The van der Waals surface area contributed by atoms with Crippen molar-refractivity contribution in [1.29, 1.82) is 0 Å². The molecule has 5 nitrogen and oxygen atoms in total. The number of nitrogens with two attached hydrogens (primary N) is 1. The van der Waals surface area contributed by atoms with Crippen molar-refractivity contribution >= 4 is 11.6 Å². The Kier molecular flexibility index (Phi) is 4.54. The topological polar surface area (TPSA) is 88.0 Å². The van der Waals surface area contributed by atoms with E-state index in [2.05, 4.69) is 22.1 Å². The Morgan fingerprint density at radius 3 is 2.86 bits per heavy atom. The molecule has 1 aromatic heterocycles. The summed E-state index contributed by atoms with van der Waals surface area (Å²) in [6.45, 7) is 2.19. The largest absolute Gasteiger partial charge is 0.367 e. The summed E-state index contributed by atoms with van der Waals surface area (Å²) in [4.78, 5) is 26.3. The van der Waals surface area contributed by atoms with Crippen molar-refractivity contribution in [2.45, 2.75) is 6.92 Å². The number of aromatic nitrogens is 1. The van der Waals surface area contributed by atoms with Crippen molar-refractivity contribution in [2.24, 2.45) is 5.73 Å². The lowest BCUT2D eigenvalue weighted by molar-refractivity contribution is 0.102. The first kappa shape index (κ1) is 14.6. The first-order chi connectivity index (χ1) is 10.1. The van der Waals surface area contributed by atoms with E-state index >= 15 is 0 Å². The fourth-order valence-electron chi connectivity index (χ4n) is 1.82. The molecule has 0 saturated carbocycles. The van der Waals surface area contributed by atoms with Crippen molar-refractivity contribution in [3.63, 3.8) is 0 Å². The third-order valence-corrected chi connectivity index (χ3v) is 2.88. The fourth-order valence-corrected chi connectivity index (χ4v) is 1.82. The van der Waals surface area contributed by atoms with Crippen molar-refractivity contribution in [2.75, 3.05) is 11.9 Å². The van der Waals surface area contributed by atoms with Gasteiger partial charge in [0.05, 0.1) is 6.54 Å². The number of pyridine rings is 1. The lowest BCUT2D eigenvalue weighted by Crippen LogP contribution is -2.20. The summed E-state index contributed by atoms with van der Waals surface area (Å²) in [6.07, 6.45) is 2.86. The van der Waals surface area contributed by atoms with Gasteiger partial charge < -0.3 is 16.0 Å². The van der Waals surface area contributed by atoms with Gasteiger partial charge in [0.1, 0.15) is 5.56 Å². The van der Waals surface area contributed by atoms with Gasteiger partial charge in [-0.25, -0.2) is 0 Å². The molecule has 0 aliphatic carbocycles. The maximum atomic E-state index is 12.0. The average Bonchev–Trinajstić information content (AvgIpc) is 2.47. The minimum absolute atomic E-state index is 0.0714. The van der Waals surface area contributed by atoms with E-state index in [9.17, 15) is 9.59 Å². The van der Waals surface area contributed by atoms with E-state index in [1.54, 1.807) is 12.1 Å². The van der Waals surface area contributed by atoms with Crippen molar-refractivity contribution in [1.82, 2.24) is 4.98 Å². The highest BCUT2D eigenvalue weighted by atomic mass is 16.2. The van der Waals surface area contributed by atoms with Crippen LogP contribution in [-0.4, -0.2) is 17.4 Å². The molecule has 0 aliphatic rings. The second-order valence-electron chi connectivity index (χ2n) is 4.41. The molecular formula is C16H15N3O2. The van der Waals surface area contributed by atoms with Crippen LogP contribution < -0.4 is 16.5 Å². The molecule has 106 valence electrons. The zero-order valence-electron chi connectivity index (χ0n) is 11.6. The molecule has 1 aromatic carbocycles. The van der Waals surface area contributed by atoms with E-state index in [0.717, 1.165) is 11.1 Å². The Morgan fingerprint density at radius 2 is 2.19 bits per heavy atom. The van der Waals surface area contributed by atoms with Gasteiger partial charge in [-0.3, -0.25) is 9.59 Å². The van der Waals surface area contributed by atoms with Crippen molar-refractivity contribution in [3.8, 4) is 11.8 Å². The molecule has 21 heavy (non-hydrogen) atoms. The van der Waals surface area contributed by atoms with Crippen LogP contribution in [0.5, 0.6) is 0 Å². The molecular weight excluding hydrogens is 266 g/mol. The molecule has 1 heterocycles. The van der Waals surface area contributed by atoms with Gasteiger partial charge in [-0.05, 0) is 30.7 Å². The number of anilines is 1. The summed E-state index contributed by atoms with van der Waals surface area (Å²) in [5.74, 6) is 5.29. The van der Waals surface area contributed by atoms with Crippen LogP contribution in [0.2, 0.25) is 0 Å². The Balaban J connectivity index is 2.21. The normalized spacial score (nSPS) is 9.62. The molecule has 0 fully saturated rings. The molecule has 0 atom stereocenters. The second-order valence-corrected chi connectivity index (χ2v) is 4.41. The first-order valence-corrected chi connectivity index (χ1v) is 6.40. The van der Waals surface area contributed by atoms with E-state index in [0.29, 0.717) is 12.2 Å². The SMILES string of the molecule is Cc1cc(NC(=O)c2c[nH]ccc2=O)ccc1C#CCN. The number of carbonyl (C=O) groups is 1. The zero-order chi connectivity index (χ0) is 15.2. The van der Waals surface area contributed by atoms with Crippen LogP contribution in [0.25, 0.3) is 0 Å². The van der Waals surface area contributed by atoms with Crippen LogP contribution in [0.1, 0.15) is 21.5 Å². The quantitative estimate of drug-likeness (QED) is 0.724. The van der Waals surface area contributed by atoms with Gasteiger partial charge in [-0.1, -0.05) is 11.8 Å². The maximum Gasteiger partial charge on any atom is 0.261 e. The number of carbonyl (C=O) groups excluding carboxylic acids is 1.